The molecule has 1 amide bonds. The fourth-order valence-corrected chi connectivity index (χ4v) is 4.63. The van der Waals surface area contributed by atoms with E-state index in [0.717, 1.165) is 10.4 Å². The van der Waals surface area contributed by atoms with Gasteiger partial charge in [0.15, 0.2) is 5.69 Å². The van der Waals surface area contributed by atoms with Crippen molar-refractivity contribution in [2.24, 2.45) is 0 Å². The SMILES string of the molecule is O=C(Cn1ccn2c(=O)c(O)c(-c3ncc(Cc4ccc(F)cc4)s3)nc12)N1CCOCC1. The second kappa shape index (κ2) is 8.75. The molecule has 5 rings (SSSR count). The van der Waals surface area contributed by atoms with E-state index < -0.39 is 11.3 Å². The van der Waals surface area contributed by atoms with Crippen LogP contribution >= 0.6 is 11.3 Å². The quantitative estimate of drug-likeness (QED) is 0.479. The third kappa shape index (κ3) is 4.24. The third-order valence-corrected chi connectivity index (χ3v) is 6.45. The van der Waals surface area contributed by atoms with E-state index in [-0.39, 0.29) is 29.7 Å². The Hall–Kier alpha value is -3.57. The summed E-state index contributed by atoms with van der Waals surface area (Å²) >= 11 is 1.29. The average Bonchev–Trinajstić information content (AvgIpc) is 3.45. The van der Waals surface area contributed by atoms with Gasteiger partial charge >= 0.3 is 5.56 Å². The highest BCUT2D eigenvalue weighted by molar-refractivity contribution is 7.15. The Balaban J connectivity index is 1.45. The minimum Gasteiger partial charge on any atom is -0.501 e. The molecule has 0 radical (unpaired) electrons. The molecule has 0 spiro atoms. The van der Waals surface area contributed by atoms with Gasteiger partial charge in [0.25, 0.3) is 0 Å². The molecule has 1 fully saturated rings. The number of amides is 1. The largest absolute Gasteiger partial charge is 0.501 e. The molecule has 1 aromatic carbocycles. The maximum absolute atomic E-state index is 13.1. The van der Waals surface area contributed by atoms with Crippen LogP contribution < -0.4 is 5.56 Å². The van der Waals surface area contributed by atoms with Gasteiger partial charge in [-0.2, -0.15) is 0 Å². The maximum Gasteiger partial charge on any atom is 0.302 e. The smallest absolute Gasteiger partial charge is 0.302 e. The summed E-state index contributed by atoms with van der Waals surface area (Å²) in [7, 11) is 0. The standard InChI is InChI=1S/C22H20FN5O4S/c23-15-3-1-14(2-4-15)11-16-12-24-20(33-16)18-19(30)21(31)28-6-5-27(22(28)25-18)13-17(29)26-7-9-32-10-8-26/h1-6,12,30H,7-11,13H2. The monoisotopic (exact) mass is 469 g/mol. The number of imidazole rings is 1. The van der Waals surface area contributed by atoms with Gasteiger partial charge in [-0.15, -0.1) is 11.3 Å². The molecule has 0 aliphatic carbocycles. The van der Waals surface area contributed by atoms with Crippen LogP contribution in [0.25, 0.3) is 16.5 Å². The van der Waals surface area contributed by atoms with Crippen LogP contribution in [-0.2, 0) is 22.5 Å². The molecule has 0 saturated carbocycles. The number of hydrogen-bond donors (Lipinski definition) is 1. The molecule has 9 nitrogen and oxygen atoms in total. The van der Waals surface area contributed by atoms with Crippen molar-refractivity contribution >= 4 is 23.0 Å². The summed E-state index contributed by atoms with van der Waals surface area (Å²) in [6.45, 7) is 2.05. The number of fused-ring (bicyclic) bond motifs is 1. The summed E-state index contributed by atoms with van der Waals surface area (Å²) in [4.78, 5) is 36.8. The molecule has 1 N–H and O–H groups in total. The Kier molecular flexibility index (Phi) is 5.65. The number of rotatable bonds is 5. The molecule has 33 heavy (non-hydrogen) atoms. The Morgan fingerprint density at radius 2 is 1.94 bits per heavy atom. The number of morpholine rings is 1. The number of hydrogen-bond acceptors (Lipinski definition) is 7. The third-order valence-electron chi connectivity index (χ3n) is 5.44. The van der Waals surface area contributed by atoms with Gasteiger partial charge in [0.05, 0.1) is 13.2 Å². The van der Waals surface area contributed by atoms with Crippen molar-refractivity contribution in [3.8, 4) is 16.5 Å². The van der Waals surface area contributed by atoms with E-state index in [0.29, 0.717) is 37.7 Å². The first-order chi connectivity index (χ1) is 16.0. The summed E-state index contributed by atoms with van der Waals surface area (Å²) < 4.78 is 21.2. The summed E-state index contributed by atoms with van der Waals surface area (Å²) in [5.74, 6) is -0.671. The molecule has 3 aromatic heterocycles. The zero-order valence-electron chi connectivity index (χ0n) is 17.5. The molecule has 4 heterocycles. The predicted molar refractivity (Wildman–Crippen MR) is 119 cm³/mol. The summed E-state index contributed by atoms with van der Waals surface area (Å²) in [5.41, 5.74) is 0.340. The van der Waals surface area contributed by atoms with E-state index in [1.54, 1.807) is 34.0 Å². The zero-order chi connectivity index (χ0) is 22.9. The maximum atomic E-state index is 13.1. The van der Waals surface area contributed by atoms with E-state index in [4.69, 9.17) is 4.74 Å². The summed E-state index contributed by atoms with van der Waals surface area (Å²) in [6.07, 6.45) is 5.24. The van der Waals surface area contributed by atoms with Gasteiger partial charge in [-0.3, -0.25) is 9.59 Å². The van der Waals surface area contributed by atoms with Crippen molar-refractivity contribution in [2.45, 2.75) is 13.0 Å². The Bertz CT molecular complexity index is 1370. The molecule has 1 aliphatic heterocycles. The molecular weight excluding hydrogens is 449 g/mol. The van der Waals surface area contributed by atoms with Crippen LogP contribution in [0.4, 0.5) is 4.39 Å². The number of halogens is 1. The van der Waals surface area contributed by atoms with Crippen LogP contribution in [0.2, 0.25) is 0 Å². The molecule has 11 heteroatoms. The fraction of sp³-hybridized carbons (Fsp3) is 0.273. The number of carbonyl (C=O) groups is 1. The lowest BCUT2D eigenvalue weighted by Gasteiger charge is -2.26. The lowest BCUT2D eigenvalue weighted by atomic mass is 10.1. The van der Waals surface area contributed by atoms with Gasteiger partial charge in [-0.1, -0.05) is 12.1 Å². The molecule has 0 atom stereocenters. The number of aromatic hydroxyl groups is 1. The lowest BCUT2D eigenvalue weighted by Crippen LogP contribution is -2.42. The van der Waals surface area contributed by atoms with Crippen LogP contribution in [0.5, 0.6) is 5.75 Å². The minimum atomic E-state index is -0.636. The zero-order valence-corrected chi connectivity index (χ0v) is 18.3. The van der Waals surface area contributed by atoms with Crippen molar-refractivity contribution in [1.29, 1.82) is 0 Å². The highest BCUT2D eigenvalue weighted by Crippen LogP contribution is 2.30. The molecular formula is C22H20FN5O4S. The highest BCUT2D eigenvalue weighted by atomic mass is 32.1. The van der Waals surface area contributed by atoms with Crippen LogP contribution in [0, 0.1) is 5.82 Å². The van der Waals surface area contributed by atoms with Gasteiger partial charge in [0.1, 0.15) is 17.4 Å². The van der Waals surface area contributed by atoms with Crippen molar-refractivity contribution in [2.75, 3.05) is 26.3 Å². The molecule has 170 valence electrons. The second-order valence-corrected chi connectivity index (χ2v) is 8.75. The Labute approximate surface area is 191 Å². The Morgan fingerprint density at radius 3 is 2.70 bits per heavy atom. The molecule has 0 unspecified atom stereocenters. The second-order valence-electron chi connectivity index (χ2n) is 7.64. The first kappa shape index (κ1) is 21.3. The van der Waals surface area contributed by atoms with E-state index >= 15 is 0 Å². The minimum absolute atomic E-state index is 0.0147. The van der Waals surface area contributed by atoms with E-state index in [2.05, 4.69) is 9.97 Å². The molecule has 0 bridgehead atoms. The summed E-state index contributed by atoms with van der Waals surface area (Å²) in [5, 5.41) is 10.9. The van der Waals surface area contributed by atoms with Gasteiger partial charge in [0.2, 0.25) is 17.4 Å². The normalized spacial score (nSPS) is 14.2. The number of benzene rings is 1. The lowest BCUT2D eigenvalue weighted by molar-refractivity contribution is -0.135. The van der Waals surface area contributed by atoms with E-state index in [1.165, 1.54) is 34.1 Å². The van der Waals surface area contributed by atoms with Crippen molar-refractivity contribution in [1.82, 2.24) is 23.8 Å². The van der Waals surface area contributed by atoms with Crippen LogP contribution in [0.3, 0.4) is 0 Å². The van der Waals surface area contributed by atoms with Crippen molar-refractivity contribution < 1.29 is 19.0 Å². The Morgan fingerprint density at radius 1 is 1.18 bits per heavy atom. The van der Waals surface area contributed by atoms with Gasteiger partial charge in [-0.25, -0.2) is 18.8 Å². The van der Waals surface area contributed by atoms with Crippen molar-refractivity contribution in [3.63, 3.8) is 0 Å². The summed E-state index contributed by atoms with van der Waals surface area (Å²) in [6, 6.07) is 6.18. The number of thiazole rings is 1. The van der Waals surface area contributed by atoms with Gasteiger partial charge in [-0.05, 0) is 17.7 Å². The predicted octanol–water partition coefficient (Wildman–Crippen LogP) is 1.91. The number of ether oxygens (including phenoxy) is 1. The van der Waals surface area contributed by atoms with Crippen LogP contribution in [0.15, 0.2) is 47.7 Å². The van der Waals surface area contributed by atoms with E-state index in [1.807, 2.05) is 0 Å². The van der Waals surface area contributed by atoms with Crippen LogP contribution in [0.1, 0.15) is 10.4 Å². The fourth-order valence-electron chi connectivity index (χ4n) is 3.70. The first-order valence-corrected chi connectivity index (χ1v) is 11.2. The highest BCUT2D eigenvalue weighted by Gasteiger charge is 2.21. The van der Waals surface area contributed by atoms with Crippen molar-refractivity contribution in [3.05, 3.63) is 69.5 Å². The average molecular weight is 469 g/mol. The molecule has 1 aliphatic rings. The number of aromatic nitrogens is 4. The topological polar surface area (TPSA) is 102 Å². The number of carbonyl (C=O) groups excluding carboxylic acids is 1. The molecule has 1 saturated heterocycles. The van der Waals surface area contributed by atoms with E-state index in [9.17, 15) is 19.1 Å². The van der Waals surface area contributed by atoms with Crippen LogP contribution in [-0.4, -0.2) is 61.2 Å². The number of nitrogens with zero attached hydrogens (tertiary/aromatic N) is 5. The first-order valence-electron chi connectivity index (χ1n) is 10.3. The molecule has 4 aromatic rings. The van der Waals surface area contributed by atoms with Gasteiger partial charge < -0.3 is 19.3 Å². The van der Waals surface area contributed by atoms with Gasteiger partial charge in [0, 0.05) is 43.0 Å².